The van der Waals surface area contributed by atoms with Crippen molar-refractivity contribution < 1.29 is 4.79 Å². The van der Waals surface area contributed by atoms with E-state index in [9.17, 15) is 4.79 Å². The number of hydrogen-bond acceptors (Lipinski definition) is 3. The Morgan fingerprint density at radius 1 is 1.07 bits per heavy atom. The Hall–Kier alpha value is -2.92. The van der Waals surface area contributed by atoms with Crippen molar-refractivity contribution in [1.29, 1.82) is 0 Å². The molecule has 1 aliphatic rings. The van der Waals surface area contributed by atoms with Gasteiger partial charge in [-0.1, -0.05) is 35.9 Å². The van der Waals surface area contributed by atoms with E-state index in [4.69, 9.17) is 16.6 Å². The fourth-order valence-corrected chi connectivity index (χ4v) is 3.58. The smallest absolute Gasteiger partial charge is 0.292 e. The number of fused-ring (bicyclic) bond motifs is 1. The first-order valence-corrected chi connectivity index (χ1v) is 9.76. The summed E-state index contributed by atoms with van der Waals surface area (Å²) in [7, 11) is 0. The molecule has 2 aromatic heterocycles. The Bertz CT molecular complexity index is 1020. The average Bonchev–Trinajstić information content (AvgIpc) is 2.90. The maximum Gasteiger partial charge on any atom is 0.328 e. The standard InChI is InChI=1S/C22H21ClN4O/c1-15-6-4-10-20(24-15)26-22(28)27-13-3-2-7-16-11-12-19(25-21(16)27)17-8-5-9-18(23)14-17/h4-6,8-12,14H,2-3,7,13H2,1H3,(H,24,26,28). The van der Waals surface area contributed by atoms with Crippen LogP contribution in [0.1, 0.15) is 24.1 Å². The maximum absolute atomic E-state index is 13.0. The van der Waals surface area contributed by atoms with Crippen molar-refractivity contribution in [2.45, 2.75) is 26.2 Å². The molecule has 28 heavy (non-hydrogen) atoms. The minimum absolute atomic E-state index is 0.211. The third kappa shape index (κ3) is 3.99. The van der Waals surface area contributed by atoms with Gasteiger partial charge in [-0.2, -0.15) is 0 Å². The van der Waals surface area contributed by atoms with E-state index >= 15 is 0 Å². The summed E-state index contributed by atoms with van der Waals surface area (Å²) in [5.74, 6) is 1.25. The molecule has 4 rings (SSSR count). The Labute approximate surface area is 169 Å². The molecule has 0 saturated carbocycles. The Kier molecular flexibility index (Phi) is 5.26. The molecule has 6 heteroatoms. The van der Waals surface area contributed by atoms with Gasteiger partial charge in [-0.25, -0.2) is 14.8 Å². The number of aryl methyl sites for hydroxylation is 2. The molecule has 1 aliphatic heterocycles. The van der Waals surface area contributed by atoms with E-state index in [0.717, 1.165) is 41.8 Å². The highest BCUT2D eigenvalue weighted by molar-refractivity contribution is 6.30. The fourth-order valence-electron chi connectivity index (χ4n) is 3.39. The molecule has 5 nitrogen and oxygen atoms in total. The molecule has 0 fully saturated rings. The normalized spacial score (nSPS) is 13.6. The van der Waals surface area contributed by atoms with Crippen molar-refractivity contribution in [2.24, 2.45) is 0 Å². The zero-order valence-electron chi connectivity index (χ0n) is 15.7. The molecular formula is C22H21ClN4O. The van der Waals surface area contributed by atoms with E-state index in [2.05, 4.69) is 16.4 Å². The summed E-state index contributed by atoms with van der Waals surface area (Å²) >= 11 is 6.14. The van der Waals surface area contributed by atoms with Crippen LogP contribution in [0.3, 0.4) is 0 Å². The SMILES string of the molecule is Cc1cccc(NC(=O)N2CCCCc3ccc(-c4cccc(Cl)c4)nc32)n1. The first-order chi connectivity index (χ1) is 13.6. The van der Waals surface area contributed by atoms with Gasteiger partial charge >= 0.3 is 6.03 Å². The number of carbonyl (C=O) groups is 1. The largest absolute Gasteiger partial charge is 0.328 e. The van der Waals surface area contributed by atoms with Crippen LogP contribution < -0.4 is 10.2 Å². The summed E-state index contributed by atoms with van der Waals surface area (Å²) in [5.41, 5.74) is 3.67. The number of amides is 2. The van der Waals surface area contributed by atoms with E-state index in [-0.39, 0.29) is 6.03 Å². The second-order valence-corrected chi connectivity index (χ2v) is 7.33. The van der Waals surface area contributed by atoms with Crippen LogP contribution >= 0.6 is 11.6 Å². The van der Waals surface area contributed by atoms with Crippen molar-refractivity contribution in [3.63, 3.8) is 0 Å². The van der Waals surface area contributed by atoms with Crippen molar-refractivity contribution in [3.05, 3.63) is 70.9 Å². The highest BCUT2D eigenvalue weighted by atomic mass is 35.5. The predicted octanol–water partition coefficient (Wildman–Crippen LogP) is 5.48. The van der Waals surface area contributed by atoms with Gasteiger partial charge in [0, 0.05) is 22.8 Å². The van der Waals surface area contributed by atoms with E-state index in [1.807, 2.05) is 49.4 Å². The fraction of sp³-hybridized carbons (Fsp3) is 0.227. The van der Waals surface area contributed by atoms with E-state index in [1.54, 1.807) is 11.0 Å². The summed E-state index contributed by atoms with van der Waals surface area (Å²) in [4.78, 5) is 23.9. The molecule has 1 aromatic carbocycles. The minimum Gasteiger partial charge on any atom is -0.292 e. The molecule has 0 atom stereocenters. The van der Waals surface area contributed by atoms with Gasteiger partial charge in [0.2, 0.25) is 0 Å². The van der Waals surface area contributed by atoms with Crippen molar-refractivity contribution in [1.82, 2.24) is 9.97 Å². The Morgan fingerprint density at radius 2 is 1.93 bits per heavy atom. The summed E-state index contributed by atoms with van der Waals surface area (Å²) in [6, 6.07) is 17.0. The second kappa shape index (κ2) is 7.98. The van der Waals surface area contributed by atoms with Crippen molar-refractivity contribution in [2.75, 3.05) is 16.8 Å². The first kappa shape index (κ1) is 18.4. The Morgan fingerprint density at radius 3 is 2.75 bits per heavy atom. The van der Waals surface area contributed by atoms with Gasteiger partial charge in [-0.05, 0) is 62.1 Å². The molecule has 0 unspecified atom stereocenters. The lowest BCUT2D eigenvalue weighted by Gasteiger charge is -2.22. The number of halogens is 1. The summed E-state index contributed by atoms with van der Waals surface area (Å²) in [6.45, 7) is 2.52. The molecule has 1 N–H and O–H groups in total. The van der Waals surface area contributed by atoms with Crippen LogP contribution in [0.2, 0.25) is 5.02 Å². The van der Waals surface area contributed by atoms with Crippen LogP contribution in [-0.4, -0.2) is 22.5 Å². The number of aromatic nitrogens is 2. The Balaban J connectivity index is 1.68. The number of benzene rings is 1. The topological polar surface area (TPSA) is 58.1 Å². The molecule has 142 valence electrons. The molecular weight excluding hydrogens is 372 g/mol. The van der Waals surface area contributed by atoms with Crippen molar-refractivity contribution >= 4 is 29.3 Å². The molecule has 3 aromatic rings. The lowest BCUT2D eigenvalue weighted by Crippen LogP contribution is -2.36. The average molecular weight is 393 g/mol. The third-order valence-corrected chi connectivity index (χ3v) is 5.01. The summed E-state index contributed by atoms with van der Waals surface area (Å²) in [6.07, 6.45) is 2.86. The molecule has 0 bridgehead atoms. The van der Waals surface area contributed by atoms with Gasteiger partial charge in [0.05, 0.1) is 5.69 Å². The zero-order chi connectivity index (χ0) is 19.5. The molecule has 0 saturated heterocycles. The second-order valence-electron chi connectivity index (χ2n) is 6.89. The number of urea groups is 1. The number of nitrogens with one attached hydrogen (secondary N) is 1. The van der Waals surface area contributed by atoms with Gasteiger partial charge in [-0.3, -0.25) is 10.2 Å². The van der Waals surface area contributed by atoms with Crippen molar-refractivity contribution in [3.8, 4) is 11.3 Å². The number of anilines is 2. The summed E-state index contributed by atoms with van der Waals surface area (Å²) in [5, 5.41) is 3.57. The monoisotopic (exact) mass is 392 g/mol. The first-order valence-electron chi connectivity index (χ1n) is 9.38. The van der Waals surface area contributed by atoms with Gasteiger partial charge in [0.25, 0.3) is 0 Å². The maximum atomic E-state index is 13.0. The van der Waals surface area contributed by atoms with Crippen LogP contribution in [0.15, 0.2) is 54.6 Å². The molecule has 0 radical (unpaired) electrons. The highest BCUT2D eigenvalue weighted by Gasteiger charge is 2.23. The zero-order valence-corrected chi connectivity index (χ0v) is 16.4. The third-order valence-electron chi connectivity index (χ3n) is 4.78. The molecule has 0 spiro atoms. The van der Waals surface area contributed by atoms with Crippen LogP contribution in [0.25, 0.3) is 11.3 Å². The van der Waals surface area contributed by atoms with Gasteiger partial charge in [0.15, 0.2) is 0 Å². The minimum atomic E-state index is -0.211. The van der Waals surface area contributed by atoms with Gasteiger partial charge < -0.3 is 0 Å². The number of carbonyl (C=O) groups excluding carboxylic acids is 1. The lowest BCUT2D eigenvalue weighted by atomic mass is 10.1. The number of hydrogen-bond donors (Lipinski definition) is 1. The van der Waals surface area contributed by atoms with E-state index in [1.165, 1.54) is 0 Å². The lowest BCUT2D eigenvalue weighted by molar-refractivity contribution is 0.256. The van der Waals surface area contributed by atoms with Crippen LogP contribution in [0.4, 0.5) is 16.4 Å². The quantitative estimate of drug-likeness (QED) is 0.628. The van der Waals surface area contributed by atoms with Crippen LogP contribution in [0.5, 0.6) is 0 Å². The van der Waals surface area contributed by atoms with E-state index < -0.39 is 0 Å². The van der Waals surface area contributed by atoms with Gasteiger partial charge in [-0.15, -0.1) is 0 Å². The van der Waals surface area contributed by atoms with E-state index in [0.29, 0.717) is 23.2 Å². The van der Waals surface area contributed by atoms with Crippen LogP contribution in [0, 0.1) is 6.92 Å². The molecule has 0 aliphatic carbocycles. The van der Waals surface area contributed by atoms with Gasteiger partial charge in [0.1, 0.15) is 11.6 Å². The summed E-state index contributed by atoms with van der Waals surface area (Å²) < 4.78 is 0. The number of nitrogens with zero attached hydrogens (tertiary/aromatic N) is 3. The predicted molar refractivity (Wildman–Crippen MR) is 113 cm³/mol. The molecule has 2 amide bonds. The highest BCUT2D eigenvalue weighted by Crippen LogP contribution is 2.29. The van der Waals surface area contributed by atoms with Crippen LogP contribution in [-0.2, 0) is 6.42 Å². The number of pyridine rings is 2. The molecule has 3 heterocycles. The number of rotatable bonds is 2.